The van der Waals surface area contributed by atoms with Crippen molar-refractivity contribution < 1.29 is 18.0 Å². The van der Waals surface area contributed by atoms with Gasteiger partial charge in [0.2, 0.25) is 0 Å². The topological polar surface area (TPSA) is 46.9 Å². The van der Waals surface area contributed by atoms with Gasteiger partial charge in [0.1, 0.15) is 5.69 Å². The van der Waals surface area contributed by atoms with Gasteiger partial charge < -0.3 is 9.88 Å². The number of fused-ring (bicyclic) bond motifs is 1. The van der Waals surface area contributed by atoms with Crippen molar-refractivity contribution in [3.05, 3.63) is 119 Å². The predicted octanol–water partition coefficient (Wildman–Crippen LogP) is 8.16. The first-order chi connectivity index (χ1) is 18.1. The van der Waals surface area contributed by atoms with Gasteiger partial charge in [0.25, 0.3) is 5.91 Å². The van der Waals surface area contributed by atoms with Gasteiger partial charge in [0.05, 0.1) is 11.6 Å². The normalized spacial score (nSPS) is 12.5. The van der Waals surface area contributed by atoms with Gasteiger partial charge in [-0.1, -0.05) is 59.6 Å². The van der Waals surface area contributed by atoms with Crippen LogP contribution in [0.15, 0.2) is 91.3 Å². The van der Waals surface area contributed by atoms with E-state index < -0.39 is 17.9 Å². The van der Waals surface area contributed by atoms with E-state index in [-0.39, 0.29) is 5.91 Å². The Balaban J connectivity index is 1.51. The minimum atomic E-state index is -4.52. The zero-order chi connectivity index (χ0) is 27.0. The summed E-state index contributed by atoms with van der Waals surface area (Å²) in [7, 11) is 0. The van der Waals surface area contributed by atoms with Gasteiger partial charge in [-0.25, -0.2) is 0 Å². The van der Waals surface area contributed by atoms with E-state index in [0.29, 0.717) is 16.1 Å². The molecular formula is C30H23ClF3N3O. The predicted molar refractivity (Wildman–Crippen MR) is 144 cm³/mol. The number of pyridine rings is 1. The van der Waals surface area contributed by atoms with Gasteiger partial charge in [0.15, 0.2) is 0 Å². The Labute approximate surface area is 222 Å². The van der Waals surface area contributed by atoms with E-state index >= 15 is 0 Å². The minimum absolute atomic E-state index is 0.352. The van der Waals surface area contributed by atoms with Gasteiger partial charge >= 0.3 is 6.18 Å². The Hall–Kier alpha value is -4.10. The summed E-state index contributed by atoms with van der Waals surface area (Å²) in [5.74, 6) is -0.352. The lowest BCUT2D eigenvalue weighted by molar-refractivity contribution is -0.141. The zero-order valence-corrected chi connectivity index (χ0v) is 21.3. The summed E-state index contributed by atoms with van der Waals surface area (Å²) in [5, 5.41) is 4.41. The molecule has 0 aliphatic rings. The lowest BCUT2D eigenvalue weighted by Gasteiger charge is -2.15. The summed E-state index contributed by atoms with van der Waals surface area (Å²) in [6.45, 7) is 3.72. The number of alkyl halides is 3. The number of nitrogens with zero attached hydrogens (tertiary/aromatic N) is 2. The highest BCUT2D eigenvalue weighted by Gasteiger charge is 2.32. The number of nitrogens with one attached hydrogen (secondary N) is 1. The second-order valence-corrected chi connectivity index (χ2v) is 9.54. The largest absolute Gasteiger partial charge is 0.433 e. The van der Waals surface area contributed by atoms with Crippen molar-refractivity contribution in [1.29, 1.82) is 0 Å². The average Bonchev–Trinajstić information content (AvgIpc) is 3.27. The first-order valence-electron chi connectivity index (χ1n) is 11.9. The van der Waals surface area contributed by atoms with Crippen molar-refractivity contribution in [3.8, 4) is 16.8 Å². The maximum Gasteiger partial charge on any atom is 0.433 e. The maximum absolute atomic E-state index is 13.2. The molecule has 0 saturated carbocycles. The van der Waals surface area contributed by atoms with E-state index in [4.69, 9.17) is 11.6 Å². The Kier molecular flexibility index (Phi) is 6.71. The molecule has 0 bridgehead atoms. The number of amides is 1. The Bertz CT molecular complexity index is 1620. The molecule has 0 unspecified atom stereocenters. The molecule has 5 aromatic rings. The van der Waals surface area contributed by atoms with E-state index in [2.05, 4.69) is 10.3 Å². The molecule has 0 radical (unpaired) electrons. The molecule has 5 rings (SSSR count). The third kappa shape index (κ3) is 5.02. The van der Waals surface area contributed by atoms with Crippen molar-refractivity contribution in [2.45, 2.75) is 26.1 Å². The first-order valence-corrected chi connectivity index (χ1v) is 12.3. The first kappa shape index (κ1) is 25.5. The lowest BCUT2D eigenvalue weighted by Crippen LogP contribution is -2.26. The monoisotopic (exact) mass is 533 g/mol. The van der Waals surface area contributed by atoms with E-state index in [1.165, 1.54) is 6.07 Å². The summed E-state index contributed by atoms with van der Waals surface area (Å²) >= 11 is 6.53. The van der Waals surface area contributed by atoms with Crippen molar-refractivity contribution in [3.63, 3.8) is 0 Å². The fourth-order valence-electron chi connectivity index (χ4n) is 4.37. The standard InChI is InChI=1S/C30H23ClF3N3O/c1-18-7-11-22(12-8-18)37-17-25(23-5-3-4-6-26(23)31)24-13-9-20(15-27(24)37)29(38)36-19(2)21-10-14-28(35-16-21)30(32,33)34/h3-17,19H,1-2H3,(H,36,38)/t19-/m1/s1. The molecular weight excluding hydrogens is 511 g/mol. The minimum Gasteiger partial charge on any atom is -0.345 e. The van der Waals surface area contributed by atoms with Crippen LogP contribution in [0.5, 0.6) is 0 Å². The van der Waals surface area contributed by atoms with Crippen LogP contribution in [0.2, 0.25) is 5.02 Å². The molecule has 0 fully saturated rings. The van der Waals surface area contributed by atoms with Gasteiger partial charge in [-0.15, -0.1) is 0 Å². The molecule has 1 atom stereocenters. The second kappa shape index (κ2) is 9.99. The molecule has 1 N–H and O–H groups in total. The van der Waals surface area contributed by atoms with Gasteiger partial charge in [-0.3, -0.25) is 9.78 Å². The Morgan fingerprint density at radius 3 is 2.37 bits per heavy atom. The lowest BCUT2D eigenvalue weighted by atomic mass is 10.0. The Morgan fingerprint density at radius 1 is 0.974 bits per heavy atom. The highest BCUT2D eigenvalue weighted by molar-refractivity contribution is 6.33. The number of aryl methyl sites for hydroxylation is 1. The average molecular weight is 534 g/mol. The van der Waals surface area contributed by atoms with Crippen molar-refractivity contribution in [2.75, 3.05) is 0 Å². The Morgan fingerprint density at radius 2 is 1.71 bits per heavy atom. The van der Waals surface area contributed by atoms with E-state index in [1.54, 1.807) is 13.0 Å². The molecule has 4 nitrogen and oxygen atoms in total. The highest BCUT2D eigenvalue weighted by atomic mass is 35.5. The van der Waals surface area contributed by atoms with E-state index in [1.807, 2.05) is 78.4 Å². The van der Waals surface area contributed by atoms with E-state index in [0.717, 1.165) is 45.5 Å². The number of benzene rings is 3. The smallest absolute Gasteiger partial charge is 0.345 e. The summed E-state index contributed by atoms with van der Waals surface area (Å²) in [4.78, 5) is 16.7. The van der Waals surface area contributed by atoms with Crippen LogP contribution in [0.1, 0.15) is 40.1 Å². The zero-order valence-electron chi connectivity index (χ0n) is 20.6. The summed E-state index contributed by atoms with van der Waals surface area (Å²) in [6.07, 6.45) is -1.38. The summed E-state index contributed by atoms with van der Waals surface area (Å²) < 4.78 is 40.6. The van der Waals surface area contributed by atoms with E-state index in [9.17, 15) is 18.0 Å². The second-order valence-electron chi connectivity index (χ2n) is 9.13. The quantitative estimate of drug-likeness (QED) is 0.248. The molecule has 0 spiro atoms. The number of hydrogen-bond acceptors (Lipinski definition) is 2. The van der Waals surface area contributed by atoms with Gasteiger partial charge in [-0.05, 0) is 55.8 Å². The van der Waals surface area contributed by atoms with Crippen LogP contribution in [0, 0.1) is 6.92 Å². The van der Waals surface area contributed by atoms with Crippen LogP contribution in [-0.4, -0.2) is 15.5 Å². The molecule has 38 heavy (non-hydrogen) atoms. The fourth-order valence-corrected chi connectivity index (χ4v) is 4.61. The third-order valence-corrected chi connectivity index (χ3v) is 6.80. The molecule has 2 heterocycles. The molecule has 1 amide bonds. The van der Waals surface area contributed by atoms with Crippen LogP contribution in [0.25, 0.3) is 27.7 Å². The number of aromatic nitrogens is 2. The van der Waals surface area contributed by atoms with Gasteiger partial charge in [0, 0.05) is 45.2 Å². The SMILES string of the molecule is Cc1ccc(-n2cc(-c3ccccc3Cl)c3ccc(C(=O)N[C@H](C)c4ccc(C(F)(F)F)nc4)cc32)cc1. The molecule has 0 saturated heterocycles. The fraction of sp³-hybridized carbons (Fsp3) is 0.133. The molecule has 2 aromatic heterocycles. The van der Waals surface area contributed by atoms with Gasteiger partial charge in [-0.2, -0.15) is 13.2 Å². The number of halogens is 4. The van der Waals surface area contributed by atoms with Crippen LogP contribution >= 0.6 is 11.6 Å². The number of carbonyl (C=O) groups excluding carboxylic acids is 1. The summed E-state index contributed by atoms with van der Waals surface area (Å²) in [5.41, 5.74) is 4.60. The molecule has 0 aliphatic heterocycles. The van der Waals surface area contributed by atoms with Crippen LogP contribution in [0.4, 0.5) is 13.2 Å². The van der Waals surface area contributed by atoms with Crippen molar-refractivity contribution in [2.24, 2.45) is 0 Å². The van der Waals surface area contributed by atoms with Crippen LogP contribution in [-0.2, 0) is 6.18 Å². The maximum atomic E-state index is 13.2. The van der Waals surface area contributed by atoms with Crippen molar-refractivity contribution >= 4 is 28.4 Å². The van der Waals surface area contributed by atoms with Crippen LogP contribution < -0.4 is 5.32 Å². The highest BCUT2D eigenvalue weighted by Crippen LogP contribution is 2.37. The number of rotatable bonds is 5. The molecule has 3 aromatic carbocycles. The number of hydrogen-bond donors (Lipinski definition) is 1. The van der Waals surface area contributed by atoms with Crippen LogP contribution in [0.3, 0.4) is 0 Å². The summed E-state index contributed by atoms with van der Waals surface area (Å²) in [6, 6.07) is 22.8. The van der Waals surface area contributed by atoms with Crippen molar-refractivity contribution in [1.82, 2.24) is 14.9 Å². The number of carbonyl (C=O) groups is 1. The molecule has 192 valence electrons. The molecule has 0 aliphatic carbocycles. The molecule has 8 heteroatoms. The third-order valence-electron chi connectivity index (χ3n) is 6.47.